The number of phenolic OH excluding ortho intramolecular Hbond substituents is 1. The van der Waals surface area contributed by atoms with Gasteiger partial charge in [-0.25, -0.2) is 0 Å². The number of hydrazine groups is 1. The van der Waals surface area contributed by atoms with Crippen LogP contribution in [0, 0.1) is 0 Å². The summed E-state index contributed by atoms with van der Waals surface area (Å²) in [5, 5.41) is 9.81. The molecule has 0 bridgehead atoms. The zero-order valence-corrected chi connectivity index (χ0v) is 13.7. The molecule has 0 saturated heterocycles. The molecular formula is C16H15ClN2O3S. The summed E-state index contributed by atoms with van der Waals surface area (Å²) in [5.74, 6) is -0.313. The van der Waals surface area contributed by atoms with Crippen molar-refractivity contribution in [3.8, 4) is 5.75 Å². The summed E-state index contributed by atoms with van der Waals surface area (Å²) in [6.45, 7) is 0. The predicted octanol–water partition coefficient (Wildman–Crippen LogP) is 2.53. The Hall–Kier alpha value is -2.18. The lowest BCUT2D eigenvalue weighted by Gasteiger charge is -2.07. The first-order valence-corrected chi connectivity index (χ1v) is 8.13. The van der Waals surface area contributed by atoms with Gasteiger partial charge in [0.25, 0.3) is 0 Å². The summed E-state index contributed by atoms with van der Waals surface area (Å²) in [6, 6.07) is 13.4. The number of benzene rings is 2. The molecule has 0 aliphatic carbocycles. The van der Waals surface area contributed by atoms with Crippen molar-refractivity contribution in [2.24, 2.45) is 0 Å². The Balaban J connectivity index is 1.70. The molecule has 2 amide bonds. The zero-order valence-electron chi connectivity index (χ0n) is 12.1. The van der Waals surface area contributed by atoms with E-state index in [1.54, 1.807) is 24.3 Å². The van der Waals surface area contributed by atoms with E-state index in [4.69, 9.17) is 16.7 Å². The third-order valence-corrected chi connectivity index (χ3v) is 4.09. The molecule has 23 heavy (non-hydrogen) atoms. The fourth-order valence-electron chi connectivity index (χ4n) is 1.70. The van der Waals surface area contributed by atoms with Gasteiger partial charge in [0.1, 0.15) is 5.75 Å². The van der Waals surface area contributed by atoms with E-state index in [0.717, 1.165) is 10.5 Å². The number of hydrogen-bond donors (Lipinski definition) is 3. The SMILES string of the molecule is O=C(CSc1ccc(Cl)cc1)NNC(=O)Cc1ccc(O)cc1. The molecule has 0 aliphatic heterocycles. The highest BCUT2D eigenvalue weighted by Crippen LogP contribution is 2.19. The Bertz CT molecular complexity index is 675. The Labute approximate surface area is 143 Å². The highest BCUT2D eigenvalue weighted by Gasteiger charge is 2.06. The highest BCUT2D eigenvalue weighted by molar-refractivity contribution is 8.00. The number of nitrogens with one attached hydrogen (secondary N) is 2. The molecule has 7 heteroatoms. The van der Waals surface area contributed by atoms with Crippen molar-refractivity contribution in [3.05, 3.63) is 59.1 Å². The minimum atomic E-state index is -0.333. The van der Waals surface area contributed by atoms with Crippen LogP contribution in [0.3, 0.4) is 0 Å². The van der Waals surface area contributed by atoms with Gasteiger partial charge in [-0.2, -0.15) is 0 Å². The number of halogens is 1. The van der Waals surface area contributed by atoms with Gasteiger partial charge in [0.15, 0.2) is 0 Å². The highest BCUT2D eigenvalue weighted by atomic mass is 35.5. The van der Waals surface area contributed by atoms with Gasteiger partial charge in [0.05, 0.1) is 12.2 Å². The fourth-order valence-corrected chi connectivity index (χ4v) is 2.52. The van der Waals surface area contributed by atoms with Crippen molar-refractivity contribution in [1.82, 2.24) is 10.9 Å². The topological polar surface area (TPSA) is 78.4 Å². The molecule has 0 spiro atoms. The third kappa shape index (κ3) is 6.22. The quantitative estimate of drug-likeness (QED) is 0.572. The minimum absolute atomic E-state index is 0.116. The fraction of sp³-hybridized carbons (Fsp3) is 0.125. The van der Waals surface area contributed by atoms with E-state index in [-0.39, 0.29) is 29.7 Å². The van der Waals surface area contributed by atoms with Crippen LogP contribution in [0.1, 0.15) is 5.56 Å². The van der Waals surface area contributed by atoms with E-state index in [2.05, 4.69) is 10.9 Å². The Kier molecular flexibility index (Phi) is 6.31. The minimum Gasteiger partial charge on any atom is -0.508 e. The molecule has 0 fully saturated rings. The standard InChI is InChI=1S/C16H15ClN2O3S/c17-12-3-7-14(8-4-12)23-10-16(22)19-18-15(21)9-11-1-5-13(20)6-2-11/h1-8,20H,9-10H2,(H,18,21)(H,19,22). The lowest BCUT2D eigenvalue weighted by atomic mass is 10.1. The number of phenols is 1. The average molecular weight is 351 g/mol. The Morgan fingerprint density at radius 2 is 1.57 bits per heavy atom. The molecule has 3 N–H and O–H groups in total. The number of hydrogen-bond acceptors (Lipinski definition) is 4. The van der Waals surface area contributed by atoms with Crippen molar-refractivity contribution in [2.75, 3.05) is 5.75 Å². The lowest BCUT2D eigenvalue weighted by molar-refractivity contribution is -0.127. The molecule has 2 aromatic rings. The van der Waals surface area contributed by atoms with Gasteiger partial charge in [-0.15, -0.1) is 11.8 Å². The summed E-state index contributed by atoms with van der Waals surface area (Å²) in [4.78, 5) is 24.3. The molecule has 5 nitrogen and oxygen atoms in total. The summed E-state index contributed by atoms with van der Waals surface area (Å²) < 4.78 is 0. The van der Waals surface area contributed by atoms with Crippen molar-refractivity contribution < 1.29 is 14.7 Å². The first-order valence-electron chi connectivity index (χ1n) is 6.77. The van der Waals surface area contributed by atoms with Crippen LogP contribution in [0.25, 0.3) is 0 Å². The number of thioether (sulfide) groups is 1. The lowest BCUT2D eigenvalue weighted by Crippen LogP contribution is -2.43. The molecule has 2 rings (SSSR count). The summed E-state index contributed by atoms with van der Waals surface area (Å²) in [7, 11) is 0. The zero-order chi connectivity index (χ0) is 16.7. The Morgan fingerprint density at radius 3 is 2.22 bits per heavy atom. The maximum absolute atomic E-state index is 11.7. The molecule has 0 radical (unpaired) electrons. The second-order valence-electron chi connectivity index (χ2n) is 4.68. The summed E-state index contributed by atoms with van der Waals surface area (Å²) >= 11 is 7.13. The largest absolute Gasteiger partial charge is 0.508 e. The van der Waals surface area contributed by atoms with Crippen LogP contribution in [0.2, 0.25) is 5.02 Å². The second-order valence-corrected chi connectivity index (χ2v) is 6.17. The first-order chi connectivity index (χ1) is 11.0. The second kappa shape index (κ2) is 8.45. The van der Waals surface area contributed by atoms with Gasteiger partial charge in [0.2, 0.25) is 11.8 Å². The number of carbonyl (C=O) groups is 2. The van der Waals surface area contributed by atoms with Crippen LogP contribution < -0.4 is 10.9 Å². The van der Waals surface area contributed by atoms with Crippen LogP contribution in [0.4, 0.5) is 0 Å². The van der Waals surface area contributed by atoms with E-state index >= 15 is 0 Å². The average Bonchev–Trinajstić information content (AvgIpc) is 2.54. The molecule has 0 aromatic heterocycles. The van der Waals surface area contributed by atoms with Crippen molar-refractivity contribution >= 4 is 35.2 Å². The van der Waals surface area contributed by atoms with Crippen molar-refractivity contribution in [3.63, 3.8) is 0 Å². The molecule has 0 atom stereocenters. The van der Waals surface area contributed by atoms with E-state index in [1.807, 2.05) is 12.1 Å². The van der Waals surface area contributed by atoms with Gasteiger partial charge in [0, 0.05) is 9.92 Å². The molecule has 120 valence electrons. The molecular weight excluding hydrogens is 336 g/mol. The van der Waals surface area contributed by atoms with Crippen molar-refractivity contribution in [1.29, 1.82) is 0 Å². The summed E-state index contributed by atoms with van der Waals surface area (Å²) in [6.07, 6.45) is 0.116. The summed E-state index contributed by atoms with van der Waals surface area (Å²) in [5.41, 5.74) is 5.46. The molecule has 2 aromatic carbocycles. The van der Waals surface area contributed by atoms with E-state index in [9.17, 15) is 9.59 Å². The number of aromatic hydroxyl groups is 1. The van der Waals surface area contributed by atoms with Crippen LogP contribution in [0.15, 0.2) is 53.4 Å². The maximum Gasteiger partial charge on any atom is 0.248 e. The van der Waals surface area contributed by atoms with Gasteiger partial charge >= 0.3 is 0 Å². The Morgan fingerprint density at radius 1 is 0.957 bits per heavy atom. The van der Waals surface area contributed by atoms with E-state index < -0.39 is 0 Å². The first kappa shape index (κ1) is 17.2. The van der Waals surface area contributed by atoms with E-state index in [1.165, 1.54) is 23.9 Å². The van der Waals surface area contributed by atoms with Crippen LogP contribution in [0.5, 0.6) is 5.75 Å². The molecule has 0 unspecified atom stereocenters. The van der Waals surface area contributed by atoms with Gasteiger partial charge in [-0.1, -0.05) is 23.7 Å². The number of rotatable bonds is 5. The molecule has 0 saturated carbocycles. The van der Waals surface area contributed by atoms with Gasteiger partial charge in [-0.3, -0.25) is 20.4 Å². The number of amides is 2. The molecule has 0 heterocycles. The van der Waals surface area contributed by atoms with Gasteiger partial charge in [-0.05, 0) is 42.0 Å². The number of carbonyl (C=O) groups excluding carboxylic acids is 2. The van der Waals surface area contributed by atoms with Crippen LogP contribution in [-0.4, -0.2) is 22.7 Å². The van der Waals surface area contributed by atoms with E-state index in [0.29, 0.717) is 5.02 Å². The monoisotopic (exact) mass is 350 g/mol. The third-order valence-electron chi connectivity index (χ3n) is 2.83. The van der Waals surface area contributed by atoms with Crippen LogP contribution >= 0.6 is 23.4 Å². The molecule has 0 aliphatic rings. The van der Waals surface area contributed by atoms with Gasteiger partial charge < -0.3 is 5.11 Å². The van der Waals surface area contributed by atoms with Crippen molar-refractivity contribution in [2.45, 2.75) is 11.3 Å². The van der Waals surface area contributed by atoms with Crippen LogP contribution in [-0.2, 0) is 16.0 Å². The smallest absolute Gasteiger partial charge is 0.248 e. The predicted molar refractivity (Wildman–Crippen MR) is 90.3 cm³/mol. The maximum atomic E-state index is 11.7. The normalized spacial score (nSPS) is 10.1.